The summed E-state index contributed by atoms with van der Waals surface area (Å²) in [5.41, 5.74) is 0. The van der Waals surface area contributed by atoms with Crippen LogP contribution in [0.25, 0.3) is 0 Å². The molecular weight excluding hydrogens is 283 g/mol. The Kier molecular flexibility index (Phi) is 3.48. The lowest BCUT2D eigenvalue weighted by Crippen LogP contribution is -2.19. The quantitative estimate of drug-likeness (QED) is 0.842. The molecule has 1 aromatic carbocycles. The van der Waals surface area contributed by atoms with Crippen LogP contribution in [0.1, 0.15) is 19.3 Å². The molecule has 1 aliphatic rings. The molecule has 1 aliphatic carbocycles. The van der Waals surface area contributed by atoms with E-state index in [1.165, 1.54) is 18.2 Å². The van der Waals surface area contributed by atoms with E-state index in [0.29, 0.717) is 17.9 Å². The van der Waals surface area contributed by atoms with Gasteiger partial charge in [0.1, 0.15) is 5.78 Å². The van der Waals surface area contributed by atoms with Crippen LogP contribution in [0.5, 0.6) is 0 Å². The van der Waals surface area contributed by atoms with Crippen LogP contribution in [0.2, 0.25) is 10.0 Å². The van der Waals surface area contributed by atoms with Crippen molar-refractivity contribution in [2.45, 2.75) is 29.4 Å². The normalized spacial score (nSPS) is 20.8. The maximum atomic E-state index is 12.3. The monoisotopic (exact) mass is 292 g/mol. The summed E-state index contributed by atoms with van der Waals surface area (Å²) in [4.78, 5) is 11.2. The van der Waals surface area contributed by atoms with Crippen molar-refractivity contribution < 1.29 is 13.2 Å². The highest BCUT2D eigenvalue weighted by molar-refractivity contribution is 7.92. The van der Waals surface area contributed by atoms with Crippen LogP contribution >= 0.6 is 23.2 Å². The van der Waals surface area contributed by atoms with Gasteiger partial charge in [-0.3, -0.25) is 4.79 Å². The average molecular weight is 293 g/mol. The van der Waals surface area contributed by atoms with Crippen LogP contribution in [0.3, 0.4) is 0 Å². The zero-order chi connectivity index (χ0) is 12.6. The molecule has 1 atom stereocenters. The molecule has 0 aliphatic heterocycles. The number of sulfone groups is 1. The van der Waals surface area contributed by atoms with E-state index < -0.39 is 15.1 Å². The molecule has 0 bridgehead atoms. The molecule has 17 heavy (non-hydrogen) atoms. The van der Waals surface area contributed by atoms with Gasteiger partial charge in [0, 0.05) is 17.9 Å². The standard InChI is InChI=1S/C11H10Cl2O3S/c12-7-1-4-10(13)11(5-7)17(15,16)9-3-2-8(14)6-9/h1,4-5,9H,2-3,6H2. The van der Waals surface area contributed by atoms with Gasteiger partial charge in [0.15, 0.2) is 9.84 Å². The predicted molar refractivity (Wildman–Crippen MR) is 66.3 cm³/mol. The van der Waals surface area contributed by atoms with Crippen LogP contribution in [-0.2, 0) is 14.6 Å². The average Bonchev–Trinajstić information content (AvgIpc) is 2.69. The molecule has 0 saturated heterocycles. The Bertz CT molecular complexity index is 566. The summed E-state index contributed by atoms with van der Waals surface area (Å²) in [5, 5.41) is -0.197. The van der Waals surface area contributed by atoms with Crippen LogP contribution in [-0.4, -0.2) is 19.5 Å². The lowest BCUT2D eigenvalue weighted by molar-refractivity contribution is -0.117. The third kappa shape index (κ3) is 2.49. The Morgan fingerprint density at radius 1 is 1.24 bits per heavy atom. The van der Waals surface area contributed by atoms with Gasteiger partial charge in [-0.05, 0) is 24.6 Å². The number of carbonyl (C=O) groups excluding carboxylic acids is 1. The number of hydrogen-bond acceptors (Lipinski definition) is 3. The largest absolute Gasteiger partial charge is 0.300 e. The van der Waals surface area contributed by atoms with Gasteiger partial charge >= 0.3 is 0 Å². The number of halogens is 2. The second-order valence-corrected chi connectivity index (χ2v) is 7.06. The Morgan fingerprint density at radius 3 is 2.53 bits per heavy atom. The Labute approximate surface area is 110 Å². The Morgan fingerprint density at radius 2 is 1.94 bits per heavy atom. The molecule has 2 rings (SSSR count). The first-order chi connectivity index (χ1) is 7.91. The minimum atomic E-state index is -3.56. The number of rotatable bonds is 2. The summed E-state index contributed by atoms with van der Waals surface area (Å²) in [6.45, 7) is 0. The first-order valence-electron chi connectivity index (χ1n) is 5.12. The van der Waals surface area contributed by atoms with Gasteiger partial charge in [-0.1, -0.05) is 23.2 Å². The van der Waals surface area contributed by atoms with Gasteiger partial charge in [0.05, 0.1) is 15.2 Å². The predicted octanol–water partition coefficient (Wildman–Crippen LogP) is 2.89. The number of Topliss-reactive ketones (excluding diaryl/α,β-unsaturated/α-hetero) is 1. The topological polar surface area (TPSA) is 51.2 Å². The highest BCUT2D eigenvalue weighted by Crippen LogP contribution is 2.33. The molecule has 0 spiro atoms. The molecule has 0 aromatic heterocycles. The summed E-state index contributed by atoms with van der Waals surface area (Å²) in [5.74, 6) is -0.0169. The molecule has 0 radical (unpaired) electrons. The van der Waals surface area contributed by atoms with Gasteiger partial charge in [-0.25, -0.2) is 8.42 Å². The molecule has 0 heterocycles. The van der Waals surface area contributed by atoms with Crippen molar-refractivity contribution in [2.24, 2.45) is 0 Å². The maximum absolute atomic E-state index is 12.3. The first-order valence-corrected chi connectivity index (χ1v) is 7.42. The molecular formula is C11H10Cl2O3S. The fourth-order valence-electron chi connectivity index (χ4n) is 1.92. The number of hydrogen-bond donors (Lipinski definition) is 0. The zero-order valence-electron chi connectivity index (χ0n) is 8.82. The fraction of sp³-hybridized carbons (Fsp3) is 0.364. The third-order valence-corrected chi connectivity index (χ3v) is 5.75. The van der Waals surface area contributed by atoms with Crippen molar-refractivity contribution in [3.05, 3.63) is 28.2 Å². The molecule has 6 heteroatoms. The Balaban J connectivity index is 2.44. The second-order valence-electron chi connectivity index (χ2n) is 4.02. The van der Waals surface area contributed by atoms with Gasteiger partial charge in [0.25, 0.3) is 0 Å². The number of ketones is 1. The minimum absolute atomic E-state index is 0.0169. The number of benzene rings is 1. The SMILES string of the molecule is O=C1CCC(S(=O)(=O)c2cc(Cl)ccc2Cl)C1. The van der Waals surface area contributed by atoms with Crippen molar-refractivity contribution in [3.8, 4) is 0 Å². The lowest BCUT2D eigenvalue weighted by Gasteiger charge is -2.12. The van der Waals surface area contributed by atoms with E-state index in [2.05, 4.69) is 0 Å². The van der Waals surface area contributed by atoms with Gasteiger partial charge in [-0.15, -0.1) is 0 Å². The molecule has 1 unspecified atom stereocenters. The smallest absolute Gasteiger partial charge is 0.183 e. The van der Waals surface area contributed by atoms with Crippen LogP contribution < -0.4 is 0 Å². The van der Waals surface area contributed by atoms with Crippen molar-refractivity contribution in [3.63, 3.8) is 0 Å². The summed E-state index contributed by atoms with van der Waals surface area (Å²) in [7, 11) is -3.56. The summed E-state index contributed by atoms with van der Waals surface area (Å²) in [6, 6.07) is 4.32. The molecule has 92 valence electrons. The number of carbonyl (C=O) groups is 1. The van der Waals surface area contributed by atoms with Crippen molar-refractivity contribution in [1.82, 2.24) is 0 Å². The highest BCUT2D eigenvalue weighted by Gasteiger charge is 2.35. The van der Waals surface area contributed by atoms with Gasteiger partial charge in [0.2, 0.25) is 0 Å². The van der Waals surface area contributed by atoms with Crippen molar-refractivity contribution >= 4 is 38.8 Å². The minimum Gasteiger partial charge on any atom is -0.300 e. The fourth-order valence-corrected chi connectivity index (χ4v) is 4.42. The van der Waals surface area contributed by atoms with Crippen LogP contribution in [0.4, 0.5) is 0 Å². The van der Waals surface area contributed by atoms with Gasteiger partial charge < -0.3 is 0 Å². The van der Waals surface area contributed by atoms with E-state index in [1.807, 2.05) is 0 Å². The van der Waals surface area contributed by atoms with E-state index >= 15 is 0 Å². The summed E-state index contributed by atoms with van der Waals surface area (Å²) < 4.78 is 24.5. The van der Waals surface area contributed by atoms with Crippen molar-refractivity contribution in [2.75, 3.05) is 0 Å². The molecule has 1 saturated carbocycles. The summed E-state index contributed by atoms with van der Waals surface area (Å²) >= 11 is 11.6. The summed E-state index contributed by atoms with van der Waals surface area (Å²) in [6.07, 6.45) is 0.761. The molecule has 0 amide bonds. The van der Waals surface area contributed by atoms with E-state index in [1.54, 1.807) is 0 Å². The van der Waals surface area contributed by atoms with E-state index in [0.717, 1.165) is 0 Å². The molecule has 1 fully saturated rings. The maximum Gasteiger partial charge on any atom is 0.183 e. The highest BCUT2D eigenvalue weighted by atomic mass is 35.5. The van der Waals surface area contributed by atoms with E-state index in [9.17, 15) is 13.2 Å². The molecule has 1 aromatic rings. The van der Waals surface area contributed by atoms with Crippen LogP contribution in [0.15, 0.2) is 23.1 Å². The van der Waals surface area contributed by atoms with Crippen LogP contribution in [0, 0.1) is 0 Å². The molecule has 0 N–H and O–H groups in total. The van der Waals surface area contributed by atoms with E-state index in [-0.39, 0.29) is 22.1 Å². The Hall–Kier alpha value is -0.580. The lowest BCUT2D eigenvalue weighted by atomic mass is 10.3. The van der Waals surface area contributed by atoms with E-state index in [4.69, 9.17) is 23.2 Å². The zero-order valence-corrected chi connectivity index (χ0v) is 11.1. The third-order valence-electron chi connectivity index (χ3n) is 2.84. The van der Waals surface area contributed by atoms with Gasteiger partial charge in [-0.2, -0.15) is 0 Å². The molecule has 3 nitrogen and oxygen atoms in total. The second kappa shape index (κ2) is 4.59. The first kappa shape index (κ1) is 12.9. The van der Waals surface area contributed by atoms with Crippen molar-refractivity contribution in [1.29, 1.82) is 0 Å².